The molecule has 0 saturated heterocycles. The fourth-order valence-electron chi connectivity index (χ4n) is 2.67. The summed E-state index contributed by atoms with van der Waals surface area (Å²) in [6.07, 6.45) is -8.74. The highest BCUT2D eigenvalue weighted by Crippen LogP contribution is 2.17. The number of hydrogen-bond acceptors (Lipinski definition) is 15. The van der Waals surface area contributed by atoms with E-state index in [1.165, 1.54) is 0 Å². The van der Waals surface area contributed by atoms with Crippen LogP contribution in [0.5, 0.6) is 0 Å². The van der Waals surface area contributed by atoms with Gasteiger partial charge in [0.15, 0.2) is 0 Å². The smallest absolute Gasteiger partial charge is 0.107 e. The topological polar surface area (TPSA) is 248 Å². The van der Waals surface area contributed by atoms with Crippen molar-refractivity contribution in [2.24, 2.45) is 0 Å². The molecule has 0 aromatic rings. The molecule has 0 rings (SSSR count). The van der Waals surface area contributed by atoms with Crippen molar-refractivity contribution in [1.82, 2.24) is 0 Å². The van der Waals surface area contributed by atoms with Gasteiger partial charge in [-0.25, -0.2) is 0 Å². The third-order valence-electron chi connectivity index (χ3n) is 4.70. The second kappa shape index (κ2) is 22.4. The molecule has 15 heteroatoms. The van der Waals surface area contributed by atoms with Gasteiger partial charge >= 0.3 is 0 Å². The SMILES string of the molecule is OCC(O)COCC(CC(OCC(O)CO)C(COCC(O)CO)OCC(O)CO)OCC(O)CO. The largest absolute Gasteiger partial charge is 0.394 e. The lowest BCUT2D eigenvalue weighted by atomic mass is 10.1. The van der Waals surface area contributed by atoms with E-state index in [2.05, 4.69) is 0 Å². The van der Waals surface area contributed by atoms with Gasteiger partial charge in [0, 0.05) is 6.42 Å². The van der Waals surface area contributed by atoms with Crippen LogP contribution in [0.2, 0.25) is 0 Å². The van der Waals surface area contributed by atoms with E-state index >= 15 is 0 Å². The number of aliphatic hydroxyl groups is 10. The van der Waals surface area contributed by atoms with Crippen LogP contribution in [0, 0.1) is 0 Å². The Bertz CT molecular complexity index is 488. The van der Waals surface area contributed by atoms with Crippen molar-refractivity contribution >= 4 is 0 Å². The van der Waals surface area contributed by atoms with Gasteiger partial charge in [-0.05, 0) is 0 Å². The van der Waals surface area contributed by atoms with Gasteiger partial charge in [-0.15, -0.1) is 0 Å². The van der Waals surface area contributed by atoms with Gasteiger partial charge in [0.1, 0.15) is 36.6 Å². The molecule has 0 heterocycles. The molecule has 0 spiro atoms. The van der Waals surface area contributed by atoms with E-state index in [0.717, 1.165) is 0 Å². The molecule has 10 N–H and O–H groups in total. The van der Waals surface area contributed by atoms with Gasteiger partial charge in [0.25, 0.3) is 0 Å². The van der Waals surface area contributed by atoms with Crippen LogP contribution in [0.25, 0.3) is 0 Å². The van der Waals surface area contributed by atoms with Crippen LogP contribution in [0.4, 0.5) is 0 Å². The molecule has 8 unspecified atom stereocenters. The summed E-state index contributed by atoms with van der Waals surface area (Å²) in [5.74, 6) is 0. The Kier molecular flexibility index (Phi) is 22.0. The minimum Gasteiger partial charge on any atom is -0.394 e. The van der Waals surface area contributed by atoms with Crippen molar-refractivity contribution in [3.63, 3.8) is 0 Å². The number of rotatable bonds is 25. The van der Waals surface area contributed by atoms with Gasteiger partial charge in [0.2, 0.25) is 0 Å². The summed E-state index contributed by atoms with van der Waals surface area (Å²) in [5.41, 5.74) is 0. The second-order valence-electron chi connectivity index (χ2n) is 8.19. The van der Waals surface area contributed by atoms with E-state index in [-0.39, 0.29) is 52.7 Å². The minimum absolute atomic E-state index is 0.0304. The van der Waals surface area contributed by atoms with Crippen LogP contribution in [-0.4, -0.2) is 179 Å². The van der Waals surface area contributed by atoms with E-state index in [4.69, 9.17) is 49.2 Å². The van der Waals surface area contributed by atoms with E-state index in [9.17, 15) is 25.5 Å². The first-order chi connectivity index (χ1) is 17.2. The Hall–Kier alpha value is -0.600. The van der Waals surface area contributed by atoms with Gasteiger partial charge in [0.05, 0.1) is 91.5 Å². The first-order valence-electron chi connectivity index (χ1n) is 11.6. The maximum atomic E-state index is 9.75. The molecule has 36 heavy (non-hydrogen) atoms. The average Bonchev–Trinajstić information content (AvgIpc) is 2.89. The Labute approximate surface area is 210 Å². The lowest BCUT2D eigenvalue weighted by Crippen LogP contribution is -2.43. The number of ether oxygens (including phenoxy) is 5. The fourth-order valence-corrected chi connectivity index (χ4v) is 2.67. The summed E-state index contributed by atoms with van der Waals surface area (Å²) < 4.78 is 27.7. The molecular formula is C21H44O15. The molecule has 218 valence electrons. The third kappa shape index (κ3) is 17.8. The maximum absolute atomic E-state index is 9.75. The van der Waals surface area contributed by atoms with E-state index in [1.807, 2.05) is 0 Å². The third-order valence-corrected chi connectivity index (χ3v) is 4.70. The monoisotopic (exact) mass is 536 g/mol. The van der Waals surface area contributed by atoms with Crippen molar-refractivity contribution in [3.05, 3.63) is 0 Å². The lowest BCUT2D eigenvalue weighted by molar-refractivity contribution is -0.157. The fraction of sp³-hybridized carbons (Fsp3) is 1.00. The highest BCUT2D eigenvalue weighted by atomic mass is 16.6. The normalized spacial score (nSPS) is 18.8. The van der Waals surface area contributed by atoms with Crippen molar-refractivity contribution in [2.45, 2.75) is 55.3 Å². The molecule has 0 aliphatic carbocycles. The molecule has 0 fully saturated rings. The Morgan fingerprint density at radius 3 is 1.19 bits per heavy atom. The first kappa shape index (κ1) is 35.4. The quantitative estimate of drug-likeness (QED) is 0.0522. The maximum Gasteiger partial charge on any atom is 0.107 e. The van der Waals surface area contributed by atoms with Crippen LogP contribution >= 0.6 is 0 Å². The van der Waals surface area contributed by atoms with E-state index in [0.29, 0.717) is 0 Å². The molecule has 0 aromatic heterocycles. The predicted octanol–water partition coefficient (Wildman–Crippen LogP) is -5.67. The number of hydrogen-bond donors (Lipinski definition) is 10. The zero-order chi connectivity index (χ0) is 27.3. The van der Waals surface area contributed by atoms with E-state index in [1.54, 1.807) is 0 Å². The van der Waals surface area contributed by atoms with Gasteiger partial charge in [-0.3, -0.25) is 0 Å². The predicted molar refractivity (Wildman–Crippen MR) is 121 cm³/mol. The summed E-state index contributed by atoms with van der Waals surface area (Å²) in [6.45, 7) is -4.60. The van der Waals surface area contributed by atoms with Crippen molar-refractivity contribution in [1.29, 1.82) is 0 Å². The molecule has 0 radical (unpaired) electrons. The van der Waals surface area contributed by atoms with Crippen LogP contribution in [0.15, 0.2) is 0 Å². The molecule has 8 atom stereocenters. The Balaban J connectivity index is 5.57. The van der Waals surface area contributed by atoms with Crippen molar-refractivity contribution < 1.29 is 74.7 Å². The Morgan fingerprint density at radius 2 is 0.750 bits per heavy atom. The van der Waals surface area contributed by atoms with Crippen LogP contribution in [0.1, 0.15) is 6.42 Å². The van der Waals surface area contributed by atoms with Gasteiger partial charge in [-0.2, -0.15) is 0 Å². The minimum atomic E-state index is -1.24. The number of aliphatic hydroxyl groups excluding tert-OH is 10. The summed E-state index contributed by atoms with van der Waals surface area (Å²) in [5, 5.41) is 93.3. The highest BCUT2D eigenvalue weighted by molar-refractivity contribution is 4.78. The second-order valence-corrected chi connectivity index (χ2v) is 8.19. The molecular weight excluding hydrogens is 492 g/mol. The van der Waals surface area contributed by atoms with Gasteiger partial charge in [-0.1, -0.05) is 0 Å². The highest BCUT2D eigenvalue weighted by Gasteiger charge is 2.30. The van der Waals surface area contributed by atoms with Crippen LogP contribution in [0.3, 0.4) is 0 Å². The Morgan fingerprint density at radius 1 is 0.389 bits per heavy atom. The van der Waals surface area contributed by atoms with Crippen LogP contribution < -0.4 is 0 Å². The van der Waals surface area contributed by atoms with Crippen LogP contribution in [-0.2, 0) is 23.7 Å². The summed E-state index contributed by atoms with van der Waals surface area (Å²) in [7, 11) is 0. The molecule has 0 aliphatic heterocycles. The molecule has 0 saturated carbocycles. The zero-order valence-corrected chi connectivity index (χ0v) is 20.3. The molecule has 0 bridgehead atoms. The van der Waals surface area contributed by atoms with E-state index < -0.39 is 81.9 Å². The average molecular weight is 537 g/mol. The van der Waals surface area contributed by atoms with Gasteiger partial charge < -0.3 is 74.7 Å². The lowest BCUT2D eigenvalue weighted by Gasteiger charge is -2.32. The molecule has 15 nitrogen and oxygen atoms in total. The van der Waals surface area contributed by atoms with Crippen molar-refractivity contribution in [2.75, 3.05) is 79.3 Å². The van der Waals surface area contributed by atoms with Crippen molar-refractivity contribution in [3.8, 4) is 0 Å². The molecule has 0 amide bonds. The zero-order valence-electron chi connectivity index (χ0n) is 20.3. The summed E-state index contributed by atoms with van der Waals surface area (Å²) >= 11 is 0. The first-order valence-corrected chi connectivity index (χ1v) is 11.6. The summed E-state index contributed by atoms with van der Waals surface area (Å²) in [6, 6.07) is 0. The molecule has 0 aliphatic rings. The standard InChI is InChI=1S/C21H44O15/c22-2-14(27)7-32-12-19(34-9-16(29)4-24)1-20(35-10-17(30)5-25)21(36-11-18(31)6-26)13-33-8-15(28)3-23/h14-31H,1-13H2. The summed E-state index contributed by atoms with van der Waals surface area (Å²) in [4.78, 5) is 0. The molecule has 0 aromatic carbocycles.